The van der Waals surface area contributed by atoms with E-state index >= 15 is 0 Å². The van der Waals surface area contributed by atoms with Crippen LogP contribution in [0, 0.1) is 11.7 Å². The van der Waals surface area contributed by atoms with E-state index in [-0.39, 0.29) is 11.6 Å². The summed E-state index contributed by atoms with van der Waals surface area (Å²) in [5.74, 6) is 2.21. The maximum atomic E-state index is 13.3. The Kier molecular flexibility index (Phi) is 9.50. The lowest BCUT2D eigenvalue weighted by molar-refractivity contribution is 0.0961. The summed E-state index contributed by atoms with van der Waals surface area (Å²) >= 11 is 0. The van der Waals surface area contributed by atoms with Gasteiger partial charge in [-0.25, -0.2) is 4.39 Å². The Morgan fingerprint density at radius 1 is 0.775 bits per heavy atom. The maximum absolute atomic E-state index is 13.3. The topological polar surface area (TPSA) is 42.0 Å². The van der Waals surface area contributed by atoms with Crippen LogP contribution in [0.5, 0.6) is 11.5 Å². The monoisotopic (exact) mass is 544 g/mol. The van der Waals surface area contributed by atoms with Gasteiger partial charge in [-0.05, 0) is 104 Å². The van der Waals surface area contributed by atoms with Crippen LogP contribution in [0.4, 0.5) is 4.39 Å². The minimum atomic E-state index is -0.194. The van der Waals surface area contributed by atoms with Gasteiger partial charge in [0.2, 0.25) is 0 Å². The van der Waals surface area contributed by atoms with Gasteiger partial charge in [0.1, 0.15) is 5.82 Å². The molecule has 5 rings (SSSR count). The second-order valence-corrected chi connectivity index (χ2v) is 11.3. The van der Waals surface area contributed by atoms with Gasteiger partial charge in [0.05, 0.1) is 14.2 Å². The predicted octanol–water partition coefficient (Wildman–Crippen LogP) is 6.32. The molecule has 5 nitrogen and oxygen atoms in total. The fourth-order valence-electron chi connectivity index (χ4n) is 6.10. The number of hydrogen-bond acceptors (Lipinski definition) is 5. The van der Waals surface area contributed by atoms with Crippen molar-refractivity contribution >= 4 is 5.78 Å². The van der Waals surface area contributed by atoms with Crippen LogP contribution < -0.4 is 9.47 Å². The number of ketones is 1. The number of carbonyl (C=O) groups excluding carboxylic acids is 1. The average molecular weight is 545 g/mol. The molecule has 0 atom stereocenters. The van der Waals surface area contributed by atoms with Crippen molar-refractivity contribution in [3.8, 4) is 11.5 Å². The molecule has 40 heavy (non-hydrogen) atoms. The molecule has 0 bridgehead atoms. The van der Waals surface area contributed by atoms with Crippen LogP contribution in [-0.4, -0.2) is 56.0 Å². The van der Waals surface area contributed by atoms with Gasteiger partial charge >= 0.3 is 0 Å². The largest absolute Gasteiger partial charge is 0.493 e. The standard InChI is InChI=1S/C34H41FN2O3/c1-39-33-12-6-27(21-34(33)40-2)24-36-17-13-25(14-18-36)5-11-32(38)30-8-7-28-15-19-37(20-16-29(28)22-30)23-26-3-9-31(35)10-4-26/h3-4,6-10,12,21-22,25H,5,11,13-20,23-24H2,1-2H3. The zero-order valence-corrected chi connectivity index (χ0v) is 23.8. The molecule has 0 aliphatic carbocycles. The van der Waals surface area contributed by atoms with Crippen molar-refractivity contribution in [1.29, 1.82) is 0 Å². The quantitative estimate of drug-likeness (QED) is 0.280. The molecule has 1 saturated heterocycles. The van der Waals surface area contributed by atoms with E-state index in [1.807, 2.05) is 24.3 Å². The van der Waals surface area contributed by atoms with Crippen molar-refractivity contribution < 1.29 is 18.7 Å². The molecule has 0 saturated carbocycles. The van der Waals surface area contributed by atoms with Gasteiger partial charge in [-0.3, -0.25) is 14.6 Å². The van der Waals surface area contributed by atoms with Crippen LogP contribution >= 0.6 is 0 Å². The Bertz CT molecular complexity index is 1280. The molecule has 2 heterocycles. The molecule has 0 amide bonds. The first kappa shape index (κ1) is 28.3. The fourth-order valence-corrected chi connectivity index (χ4v) is 6.10. The Balaban J connectivity index is 1.07. The van der Waals surface area contributed by atoms with E-state index in [1.165, 1.54) is 28.8 Å². The van der Waals surface area contributed by atoms with Gasteiger partial charge in [-0.15, -0.1) is 0 Å². The summed E-state index contributed by atoms with van der Waals surface area (Å²) in [5.41, 5.74) is 5.87. The number of piperidine rings is 1. The zero-order chi connectivity index (χ0) is 27.9. The van der Waals surface area contributed by atoms with Crippen LogP contribution in [0.15, 0.2) is 60.7 Å². The van der Waals surface area contributed by atoms with E-state index in [0.717, 1.165) is 94.0 Å². The minimum absolute atomic E-state index is 0.194. The molecule has 2 aliphatic heterocycles. The fraction of sp³-hybridized carbons (Fsp3) is 0.441. The van der Waals surface area contributed by atoms with Crippen LogP contribution in [0.2, 0.25) is 0 Å². The van der Waals surface area contributed by atoms with Crippen molar-refractivity contribution in [1.82, 2.24) is 9.80 Å². The third-order valence-corrected chi connectivity index (χ3v) is 8.58. The van der Waals surface area contributed by atoms with E-state index < -0.39 is 0 Å². The number of fused-ring (bicyclic) bond motifs is 1. The molecule has 212 valence electrons. The highest BCUT2D eigenvalue weighted by Crippen LogP contribution is 2.30. The van der Waals surface area contributed by atoms with Gasteiger partial charge in [-0.2, -0.15) is 0 Å². The van der Waals surface area contributed by atoms with Crippen LogP contribution in [0.25, 0.3) is 0 Å². The highest BCUT2D eigenvalue weighted by atomic mass is 19.1. The Labute approximate surface area is 237 Å². The number of ether oxygens (including phenoxy) is 2. The Morgan fingerprint density at radius 3 is 2.15 bits per heavy atom. The number of likely N-dealkylation sites (tertiary alicyclic amines) is 1. The van der Waals surface area contributed by atoms with Crippen LogP contribution in [-0.2, 0) is 25.9 Å². The third-order valence-electron chi connectivity index (χ3n) is 8.58. The molecule has 3 aromatic carbocycles. The van der Waals surface area contributed by atoms with E-state index in [4.69, 9.17) is 9.47 Å². The highest BCUT2D eigenvalue weighted by molar-refractivity contribution is 5.96. The van der Waals surface area contributed by atoms with E-state index in [0.29, 0.717) is 12.3 Å². The summed E-state index contributed by atoms with van der Waals surface area (Å²) in [4.78, 5) is 18.1. The molecular weight excluding hydrogens is 503 g/mol. The maximum Gasteiger partial charge on any atom is 0.162 e. The normalized spacial score (nSPS) is 16.8. The molecule has 0 aromatic heterocycles. The zero-order valence-electron chi connectivity index (χ0n) is 23.8. The van der Waals surface area contributed by atoms with Gasteiger partial charge < -0.3 is 9.47 Å². The van der Waals surface area contributed by atoms with E-state index in [9.17, 15) is 9.18 Å². The number of benzene rings is 3. The van der Waals surface area contributed by atoms with Gasteiger partial charge in [0.25, 0.3) is 0 Å². The van der Waals surface area contributed by atoms with Crippen molar-refractivity contribution in [3.05, 3.63) is 94.3 Å². The van der Waals surface area contributed by atoms with E-state index in [2.05, 4.69) is 34.1 Å². The number of halogens is 1. The molecule has 0 radical (unpaired) electrons. The number of Topliss-reactive ketones (excluding diaryl/α,β-unsaturated/α-hetero) is 1. The van der Waals surface area contributed by atoms with Gasteiger partial charge in [-0.1, -0.05) is 30.3 Å². The Morgan fingerprint density at radius 2 is 1.43 bits per heavy atom. The summed E-state index contributed by atoms with van der Waals surface area (Å²) in [5, 5.41) is 0. The molecular formula is C34H41FN2O3. The number of carbonyl (C=O) groups is 1. The third kappa shape index (κ3) is 7.29. The first-order valence-electron chi connectivity index (χ1n) is 14.6. The van der Waals surface area contributed by atoms with Crippen molar-refractivity contribution in [2.24, 2.45) is 5.92 Å². The van der Waals surface area contributed by atoms with Gasteiger partial charge in [0, 0.05) is 38.2 Å². The molecule has 3 aromatic rings. The summed E-state index contributed by atoms with van der Waals surface area (Å²) in [6.45, 7) is 5.77. The summed E-state index contributed by atoms with van der Waals surface area (Å²) in [7, 11) is 3.33. The number of methoxy groups -OCH3 is 2. The van der Waals surface area contributed by atoms with Gasteiger partial charge in [0.15, 0.2) is 17.3 Å². The predicted molar refractivity (Wildman–Crippen MR) is 157 cm³/mol. The summed E-state index contributed by atoms with van der Waals surface area (Å²) in [6.07, 6.45) is 5.77. The molecule has 6 heteroatoms. The van der Waals surface area contributed by atoms with Crippen molar-refractivity contribution in [2.75, 3.05) is 40.4 Å². The molecule has 0 spiro atoms. The van der Waals surface area contributed by atoms with E-state index in [1.54, 1.807) is 14.2 Å². The molecule has 0 N–H and O–H groups in total. The second-order valence-electron chi connectivity index (χ2n) is 11.3. The first-order chi connectivity index (χ1) is 19.5. The van der Waals surface area contributed by atoms with Crippen molar-refractivity contribution in [2.45, 2.75) is 51.6 Å². The average Bonchev–Trinajstić information content (AvgIpc) is 3.19. The lowest BCUT2D eigenvalue weighted by Gasteiger charge is -2.32. The number of nitrogens with zero attached hydrogens (tertiary/aromatic N) is 2. The highest BCUT2D eigenvalue weighted by Gasteiger charge is 2.22. The van der Waals surface area contributed by atoms with Crippen LogP contribution in [0.1, 0.15) is 58.3 Å². The first-order valence-corrected chi connectivity index (χ1v) is 14.6. The lowest BCUT2D eigenvalue weighted by Crippen LogP contribution is -2.33. The SMILES string of the molecule is COc1ccc(CN2CCC(CCC(=O)c3ccc4c(c3)CCN(Cc3ccc(F)cc3)CC4)CC2)cc1OC. The second kappa shape index (κ2) is 13.4. The Hall–Kier alpha value is -3.22. The van der Waals surface area contributed by atoms with Crippen LogP contribution in [0.3, 0.4) is 0 Å². The number of hydrogen-bond donors (Lipinski definition) is 0. The molecule has 0 unspecified atom stereocenters. The molecule has 1 fully saturated rings. The minimum Gasteiger partial charge on any atom is -0.493 e. The smallest absolute Gasteiger partial charge is 0.162 e. The van der Waals surface area contributed by atoms with Crippen molar-refractivity contribution in [3.63, 3.8) is 0 Å². The summed E-state index contributed by atoms with van der Waals surface area (Å²) in [6, 6.07) is 19.3. The number of rotatable bonds is 10. The lowest BCUT2D eigenvalue weighted by atomic mass is 9.89. The molecule has 2 aliphatic rings. The summed E-state index contributed by atoms with van der Waals surface area (Å²) < 4.78 is 24.1.